The van der Waals surface area contributed by atoms with E-state index in [0.29, 0.717) is 36.0 Å². The number of nitrogens with one attached hydrogen (secondary N) is 1. The van der Waals surface area contributed by atoms with E-state index in [1.807, 2.05) is 51.1 Å². The maximum atomic E-state index is 13.0. The van der Waals surface area contributed by atoms with Gasteiger partial charge in [-0.25, -0.2) is 0 Å². The van der Waals surface area contributed by atoms with E-state index < -0.39 is 17.1 Å². The van der Waals surface area contributed by atoms with Gasteiger partial charge in [-0.15, -0.1) is 0 Å². The van der Waals surface area contributed by atoms with Gasteiger partial charge in [0.05, 0.1) is 11.5 Å². The van der Waals surface area contributed by atoms with Crippen LogP contribution in [0.2, 0.25) is 0 Å². The van der Waals surface area contributed by atoms with Crippen molar-refractivity contribution < 1.29 is 23.9 Å². The van der Waals surface area contributed by atoms with Crippen LogP contribution >= 0.6 is 11.8 Å². The summed E-state index contributed by atoms with van der Waals surface area (Å²) in [7, 11) is 0. The average molecular weight is 567 g/mol. The van der Waals surface area contributed by atoms with Crippen LogP contribution in [0.3, 0.4) is 0 Å². The van der Waals surface area contributed by atoms with E-state index in [9.17, 15) is 14.4 Å². The number of thioether (sulfide) groups is 1. The molecule has 0 radical (unpaired) electrons. The van der Waals surface area contributed by atoms with Gasteiger partial charge in [-0.1, -0.05) is 48.5 Å². The topological polar surface area (TPSA) is 84.9 Å². The second-order valence-electron chi connectivity index (χ2n) is 9.72. The number of rotatable bonds is 9. The summed E-state index contributed by atoms with van der Waals surface area (Å²) in [6, 6.07) is 25.3. The number of benzene rings is 4. The Bertz CT molecular complexity index is 1680. The molecule has 8 heteroatoms. The van der Waals surface area contributed by atoms with Gasteiger partial charge in [-0.2, -0.15) is 0 Å². The van der Waals surface area contributed by atoms with Gasteiger partial charge >= 0.3 is 0 Å². The highest BCUT2D eigenvalue weighted by Crippen LogP contribution is 2.35. The first-order valence-corrected chi connectivity index (χ1v) is 14.1. The summed E-state index contributed by atoms with van der Waals surface area (Å²) in [6.45, 7) is 6.26. The number of hydrogen-bond donors (Lipinski definition) is 1. The number of imide groups is 1. The molecule has 1 aliphatic heterocycles. The third kappa shape index (κ3) is 6.61. The largest absolute Gasteiger partial charge is 0.490 e. The van der Waals surface area contributed by atoms with Gasteiger partial charge in [-0.05, 0) is 102 Å². The first kappa shape index (κ1) is 28.0. The van der Waals surface area contributed by atoms with Gasteiger partial charge in [0.2, 0.25) is 5.91 Å². The molecule has 5 rings (SSSR count). The minimum atomic E-state index is -0.509. The number of anilines is 1. The molecule has 41 heavy (non-hydrogen) atoms. The van der Waals surface area contributed by atoms with Crippen molar-refractivity contribution in [1.29, 1.82) is 0 Å². The van der Waals surface area contributed by atoms with E-state index in [1.165, 1.54) is 5.39 Å². The highest BCUT2D eigenvalue weighted by Gasteiger charge is 2.36. The van der Waals surface area contributed by atoms with Gasteiger partial charge < -0.3 is 14.8 Å². The summed E-state index contributed by atoms with van der Waals surface area (Å²) in [4.78, 5) is 39.4. The summed E-state index contributed by atoms with van der Waals surface area (Å²) in [5.41, 5.74) is 4.47. The summed E-state index contributed by atoms with van der Waals surface area (Å²) in [5.74, 6) is 0.162. The first-order chi connectivity index (χ1) is 19.8. The smallest absolute Gasteiger partial charge is 0.294 e. The molecule has 0 aliphatic carbocycles. The van der Waals surface area contributed by atoms with Gasteiger partial charge in [0.15, 0.2) is 11.5 Å². The number of nitrogens with zero attached hydrogens (tertiary/aromatic N) is 1. The van der Waals surface area contributed by atoms with Crippen molar-refractivity contribution in [2.75, 3.05) is 18.5 Å². The highest BCUT2D eigenvalue weighted by molar-refractivity contribution is 8.18. The van der Waals surface area contributed by atoms with Gasteiger partial charge in [-0.3, -0.25) is 19.3 Å². The molecule has 4 aromatic rings. The molecule has 0 spiro atoms. The molecule has 4 aromatic carbocycles. The van der Waals surface area contributed by atoms with E-state index in [1.54, 1.807) is 30.3 Å². The minimum absolute atomic E-state index is 0.237. The van der Waals surface area contributed by atoms with Crippen molar-refractivity contribution in [1.82, 2.24) is 4.90 Å². The minimum Gasteiger partial charge on any atom is -0.490 e. The molecule has 1 fully saturated rings. The number of aryl methyl sites for hydroxylation is 2. The van der Waals surface area contributed by atoms with Crippen LogP contribution in [0.1, 0.15) is 29.2 Å². The molecular weight excluding hydrogens is 536 g/mol. The maximum Gasteiger partial charge on any atom is 0.294 e. The molecule has 1 aliphatic rings. The first-order valence-electron chi connectivity index (χ1n) is 13.3. The zero-order valence-corrected chi connectivity index (χ0v) is 23.9. The van der Waals surface area contributed by atoms with Gasteiger partial charge in [0, 0.05) is 5.69 Å². The van der Waals surface area contributed by atoms with Crippen molar-refractivity contribution in [3.05, 3.63) is 106 Å². The van der Waals surface area contributed by atoms with Crippen molar-refractivity contribution in [2.24, 2.45) is 0 Å². The zero-order valence-electron chi connectivity index (χ0n) is 23.1. The lowest BCUT2D eigenvalue weighted by Crippen LogP contribution is -2.36. The van der Waals surface area contributed by atoms with Crippen LogP contribution in [0.15, 0.2) is 83.8 Å². The van der Waals surface area contributed by atoms with Gasteiger partial charge in [0.1, 0.15) is 13.2 Å². The Morgan fingerprint density at radius 3 is 2.46 bits per heavy atom. The zero-order chi connectivity index (χ0) is 28.9. The molecule has 0 bridgehead atoms. The standard InChI is InChI=1S/C33H30N2O5S/c1-4-39-29-17-23(11-14-28(29)40-20-24-10-12-25-7-5-6-8-26(25)16-24)18-30-32(37)35(33(38)41-30)19-31(36)34-27-13-9-21(2)22(3)15-27/h5-18H,4,19-20H2,1-3H3,(H,34,36)/b30-18+. The van der Waals surface area contributed by atoms with Crippen LogP contribution in [0.25, 0.3) is 16.8 Å². The van der Waals surface area contributed by atoms with Crippen LogP contribution in [-0.4, -0.2) is 35.1 Å². The predicted molar refractivity (Wildman–Crippen MR) is 163 cm³/mol. The van der Waals surface area contributed by atoms with Crippen molar-refractivity contribution in [3.63, 3.8) is 0 Å². The van der Waals surface area contributed by atoms with Crippen LogP contribution in [0, 0.1) is 13.8 Å². The molecule has 7 nitrogen and oxygen atoms in total. The van der Waals surface area contributed by atoms with E-state index in [0.717, 1.165) is 38.7 Å². The maximum absolute atomic E-state index is 13.0. The van der Waals surface area contributed by atoms with E-state index in [4.69, 9.17) is 9.47 Å². The van der Waals surface area contributed by atoms with Gasteiger partial charge in [0.25, 0.3) is 11.1 Å². The monoisotopic (exact) mass is 566 g/mol. The molecule has 1 heterocycles. The number of hydrogen-bond acceptors (Lipinski definition) is 6. The van der Waals surface area contributed by atoms with Crippen molar-refractivity contribution in [3.8, 4) is 11.5 Å². The van der Waals surface area contributed by atoms with Crippen molar-refractivity contribution in [2.45, 2.75) is 27.4 Å². The molecule has 3 amide bonds. The van der Waals surface area contributed by atoms with E-state index in [2.05, 4.69) is 29.6 Å². The molecule has 1 saturated heterocycles. The van der Waals surface area contributed by atoms with E-state index >= 15 is 0 Å². The third-order valence-electron chi connectivity index (χ3n) is 6.74. The number of amides is 3. The molecular formula is C33H30N2O5S. The fourth-order valence-electron chi connectivity index (χ4n) is 4.44. The third-order valence-corrected chi connectivity index (χ3v) is 7.65. The Morgan fingerprint density at radius 2 is 1.68 bits per heavy atom. The molecule has 0 saturated carbocycles. The molecule has 0 unspecified atom stereocenters. The lowest BCUT2D eigenvalue weighted by molar-refractivity contribution is -0.127. The molecule has 208 valence electrons. The summed E-state index contributed by atoms with van der Waals surface area (Å²) in [5, 5.41) is 4.58. The number of carbonyl (C=O) groups is 3. The Balaban J connectivity index is 1.26. The Morgan fingerprint density at radius 1 is 0.878 bits per heavy atom. The predicted octanol–water partition coefficient (Wildman–Crippen LogP) is 7.11. The molecule has 0 atom stereocenters. The second kappa shape index (κ2) is 12.3. The summed E-state index contributed by atoms with van der Waals surface area (Å²) >= 11 is 0.808. The van der Waals surface area contributed by atoms with Crippen LogP contribution in [0.4, 0.5) is 10.5 Å². The van der Waals surface area contributed by atoms with Crippen molar-refractivity contribution >= 4 is 51.4 Å². The van der Waals surface area contributed by atoms with Crippen LogP contribution < -0.4 is 14.8 Å². The molecule has 0 aromatic heterocycles. The number of ether oxygens (including phenoxy) is 2. The summed E-state index contributed by atoms with van der Waals surface area (Å²) < 4.78 is 11.9. The molecule has 1 N–H and O–H groups in total. The Kier molecular flexibility index (Phi) is 8.40. The fourth-order valence-corrected chi connectivity index (χ4v) is 5.28. The number of carbonyl (C=O) groups excluding carboxylic acids is 3. The second-order valence-corrected chi connectivity index (χ2v) is 10.7. The Labute approximate surface area is 243 Å². The highest BCUT2D eigenvalue weighted by atomic mass is 32.2. The Hall–Kier alpha value is -4.56. The quantitative estimate of drug-likeness (QED) is 0.217. The fraction of sp³-hybridized carbons (Fsp3) is 0.182. The van der Waals surface area contributed by atoms with Crippen LogP contribution in [-0.2, 0) is 16.2 Å². The number of fused-ring (bicyclic) bond motifs is 1. The lowest BCUT2D eigenvalue weighted by Gasteiger charge is -2.14. The summed E-state index contributed by atoms with van der Waals surface area (Å²) in [6.07, 6.45) is 1.63. The van der Waals surface area contributed by atoms with E-state index in [-0.39, 0.29) is 11.4 Å². The average Bonchev–Trinajstić information content (AvgIpc) is 3.21. The lowest BCUT2D eigenvalue weighted by atomic mass is 10.1. The SMILES string of the molecule is CCOc1cc(/C=C2/SC(=O)N(CC(=O)Nc3ccc(C)c(C)c3)C2=O)ccc1OCc1ccc2ccccc2c1. The van der Waals surface area contributed by atoms with Crippen LogP contribution in [0.5, 0.6) is 11.5 Å². The normalized spacial score (nSPS) is 14.1.